The Morgan fingerprint density at radius 2 is 1.44 bits per heavy atom. The third-order valence-electron chi connectivity index (χ3n) is 7.73. The molecule has 0 unspecified atom stereocenters. The second-order valence-corrected chi connectivity index (χ2v) is 11.3. The third-order valence-corrected chi connectivity index (χ3v) is 7.73. The zero-order valence-corrected chi connectivity index (χ0v) is 27.8. The van der Waals surface area contributed by atoms with Gasteiger partial charge in [0.05, 0.1) is 0 Å². The highest BCUT2D eigenvalue weighted by molar-refractivity contribution is 6.02. The highest BCUT2D eigenvalue weighted by Crippen LogP contribution is 2.43. The summed E-state index contributed by atoms with van der Waals surface area (Å²) in [6, 6.07) is 18.8. The van der Waals surface area contributed by atoms with Crippen LogP contribution in [0.4, 0.5) is 0 Å². The van der Waals surface area contributed by atoms with Crippen molar-refractivity contribution >= 4 is 11.4 Å². The summed E-state index contributed by atoms with van der Waals surface area (Å²) in [6.45, 7) is 21.2. The molecule has 2 aromatic rings. The predicted molar refractivity (Wildman–Crippen MR) is 182 cm³/mol. The Kier molecular flexibility index (Phi) is 17.4. The fourth-order valence-corrected chi connectivity index (χ4v) is 4.31. The summed E-state index contributed by atoms with van der Waals surface area (Å²) in [5.41, 5.74) is 10.8. The lowest BCUT2D eigenvalue weighted by atomic mass is 9.82. The van der Waals surface area contributed by atoms with Crippen molar-refractivity contribution in [1.82, 2.24) is 0 Å². The minimum absolute atomic E-state index is 0.126. The van der Waals surface area contributed by atoms with E-state index in [1.165, 1.54) is 46.3 Å². The Hall–Kier alpha value is -3.11. The molecule has 41 heavy (non-hydrogen) atoms. The summed E-state index contributed by atoms with van der Waals surface area (Å²) in [5, 5.41) is 0. The number of hydrogen-bond donors (Lipinski definition) is 0. The molecule has 0 spiro atoms. The van der Waals surface area contributed by atoms with Gasteiger partial charge in [0.25, 0.3) is 0 Å². The van der Waals surface area contributed by atoms with E-state index in [-0.39, 0.29) is 5.78 Å². The van der Waals surface area contributed by atoms with E-state index in [4.69, 9.17) is 0 Å². The van der Waals surface area contributed by atoms with Gasteiger partial charge in [-0.3, -0.25) is 4.79 Å². The standard InChI is InChI=1S/C27H34O.C7H8.C6H14/c1-7-9-13-20(4)26(24-16-12-11-14-19(24)3)27(21(5)22(6)28)25(15-10-8-2)23-17-18-23;1-7-5-3-2-4-6-7;1-4-6(3)5-2/h11-12,14,16H,7-9,13,17-18H2,1-6H3;2-6H,1H3;6H,4-5H2,1-3H3/b26-20-,27-21+;;. The molecule has 1 aliphatic rings. The molecule has 0 amide bonds. The van der Waals surface area contributed by atoms with Crippen molar-refractivity contribution in [2.45, 2.75) is 121 Å². The van der Waals surface area contributed by atoms with E-state index in [9.17, 15) is 4.79 Å². The molecular formula is C40H56O. The first-order valence-electron chi connectivity index (χ1n) is 15.8. The van der Waals surface area contributed by atoms with Crippen molar-refractivity contribution < 1.29 is 4.79 Å². The maximum absolute atomic E-state index is 12.5. The smallest absolute Gasteiger partial charge is 0.156 e. The van der Waals surface area contributed by atoms with Crippen molar-refractivity contribution in [3.63, 3.8) is 0 Å². The first kappa shape index (κ1) is 35.9. The lowest BCUT2D eigenvalue weighted by Crippen LogP contribution is -2.06. The van der Waals surface area contributed by atoms with Crippen LogP contribution in [-0.4, -0.2) is 5.78 Å². The Morgan fingerprint density at radius 1 is 0.854 bits per heavy atom. The maximum atomic E-state index is 12.5. The lowest BCUT2D eigenvalue weighted by molar-refractivity contribution is -0.113. The molecule has 0 N–H and O–H groups in total. The second-order valence-electron chi connectivity index (χ2n) is 11.3. The van der Waals surface area contributed by atoms with Crippen molar-refractivity contribution in [1.29, 1.82) is 0 Å². The fourth-order valence-electron chi connectivity index (χ4n) is 4.31. The van der Waals surface area contributed by atoms with E-state index in [1.54, 1.807) is 6.92 Å². The number of benzene rings is 2. The monoisotopic (exact) mass is 552 g/mol. The molecule has 3 rings (SSSR count). The number of unbranched alkanes of at least 4 members (excludes halogenated alkanes) is 1. The minimum atomic E-state index is 0.126. The second kappa shape index (κ2) is 19.9. The van der Waals surface area contributed by atoms with Gasteiger partial charge >= 0.3 is 0 Å². The molecule has 1 heteroatoms. The van der Waals surface area contributed by atoms with Gasteiger partial charge in [-0.25, -0.2) is 0 Å². The van der Waals surface area contributed by atoms with Gasteiger partial charge in [0.15, 0.2) is 5.78 Å². The summed E-state index contributed by atoms with van der Waals surface area (Å²) >= 11 is 0. The molecule has 0 bridgehead atoms. The SMILES string of the molecule is CCC#CC(=C1CC1)C(=C(/C)C(C)=O)/C(=C(/C)CCCC)c1ccccc1C.CCC(C)CC.Cc1ccccc1. The first-order valence-corrected chi connectivity index (χ1v) is 15.8. The lowest BCUT2D eigenvalue weighted by Gasteiger charge is -2.21. The molecule has 1 fully saturated rings. The largest absolute Gasteiger partial charge is 0.295 e. The zero-order chi connectivity index (χ0) is 30.8. The van der Waals surface area contributed by atoms with E-state index in [0.717, 1.165) is 61.2 Å². The van der Waals surface area contributed by atoms with Gasteiger partial charge in [-0.15, -0.1) is 0 Å². The van der Waals surface area contributed by atoms with Crippen molar-refractivity contribution in [2.24, 2.45) is 5.92 Å². The van der Waals surface area contributed by atoms with Crippen LogP contribution in [0.2, 0.25) is 0 Å². The number of carbonyl (C=O) groups excluding carboxylic acids is 1. The zero-order valence-electron chi connectivity index (χ0n) is 27.8. The number of rotatable bonds is 9. The molecule has 1 nitrogen and oxygen atoms in total. The predicted octanol–water partition coefficient (Wildman–Crippen LogP) is 11.8. The van der Waals surface area contributed by atoms with Crippen LogP contribution < -0.4 is 0 Å². The van der Waals surface area contributed by atoms with Crippen LogP contribution in [0.3, 0.4) is 0 Å². The van der Waals surface area contributed by atoms with E-state index in [2.05, 4.69) is 104 Å². The maximum Gasteiger partial charge on any atom is 0.156 e. The fraction of sp³-hybridized carbons (Fsp3) is 0.475. The van der Waals surface area contributed by atoms with Crippen LogP contribution in [0.1, 0.15) is 123 Å². The van der Waals surface area contributed by atoms with E-state index >= 15 is 0 Å². The molecule has 0 heterocycles. The van der Waals surface area contributed by atoms with Gasteiger partial charge in [0.2, 0.25) is 0 Å². The van der Waals surface area contributed by atoms with Gasteiger partial charge < -0.3 is 0 Å². The van der Waals surface area contributed by atoms with Crippen LogP contribution in [0.5, 0.6) is 0 Å². The molecule has 1 aliphatic carbocycles. The summed E-state index contributed by atoms with van der Waals surface area (Å²) < 4.78 is 0. The van der Waals surface area contributed by atoms with Crippen LogP contribution >= 0.6 is 0 Å². The molecular weight excluding hydrogens is 496 g/mol. The summed E-state index contributed by atoms with van der Waals surface area (Å²) in [6.07, 6.45) is 9.02. The Balaban J connectivity index is 0.000000529. The number of aryl methyl sites for hydroxylation is 2. The molecule has 1 saturated carbocycles. The van der Waals surface area contributed by atoms with Crippen LogP contribution in [-0.2, 0) is 4.79 Å². The highest BCUT2D eigenvalue weighted by Gasteiger charge is 2.26. The van der Waals surface area contributed by atoms with Gasteiger partial charge in [-0.05, 0) is 82.9 Å². The number of carbonyl (C=O) groups is 1. The van der Waals surface area contributed by atoms with E-state index < -0.39 is 0 Å². The quantitative estimate of drug-likeness (QED) is 0.172. The number of ketones is 1. The Bertz CT molecular complexity index is 1230. The molecule has 222 valence electrons. The van der Waals surface area contributed by atoms with Gasteiger partial charge in [0.1, 0.15) is 0 Å². The minimum Gasteiger partial charge on any atom is -0.295 e. The van der Waals surface area contributed by atoms with Crippen molar-refractivity contribution in [3.05, 3.63) is 99.2 Å². The highest BCUT2D eigenvalue weighted by atomic mass is 16.1. The van der Waals surface area contributed by atoms with Crippen LogP contribution in [0, 0.1) is 31.6 Å². The number of allylic oxidation sites excluding steroid dienone is 6. The van der Waals surface area contributed by atoms with Crippen molar-refractivity contribution in [3.8, 4) is 11.8 Å². The third kappa shape index (κ3) is 12.9. The van der Waals surface area contributed by atoms with E-state index in [1.807, 2.05) is 25.1 Å². The van der Waals surface area contributed by atoms with E-state index in [0.29, 0.717) is 0 Å². The summed E-state index contributed by atoms with van der Waals surface area (Å²) in [7, 11) is 0. The topological polar surface area (TPSA) is 17.1 Å². The van der Waals surface area contributed by atoms with Gasteiger partial charge in [-0.2, -0.15) is 0 Å². The van der Waals surface area contributed by atoms with Crippen LogP contribution in [0.15, 0.2) is 82.5 Å². The first-order chi connectivity index (χ1) is 19.6. The van der Waals surface area contributed by atoms with Crippen molar-refractivity contribution in [2.75, 3.05) is 0 Å². The summed E-state index contributed by atoms with van der Waals surface area (Å²) in [4.78, 5) is 12.5. The normalized spacial score (nSPS) is 12.9. The Morgan fingerprint density at radius 3 is 1.85 bits per heavy atom. The van der Waals surface area contributed by atoms with Gasteiger partial charge in [-0.1, -0.05) is 137 Å². The number of hydrogen-bond acceptors (Lipinski definition) is 1. The van der Waals surface area contributed by atoms with Gasteiger partial charge in [0, 0.05) is 23.1 Å². The molecule has 0 atom stereocenters. The molecule has 0 radical (unpaired) electrons. The molecule has 0 aliphatic heterocycles. The Labute approximate surface area is 253 Å². The average molecular weight is 553 g/mol. The number of Topliss-reactive ketones (excluding diaryl/α,β-unsaturated/α-hetero) is 1. The summed E-state index contributed by atoms with van der Waals surface area (Å²) in [5.74, 6) is 7.77. The molecule has 2 aromatic carbocycles. The average Bonchev–Trinajstić information content (AvgIpc) is 3.82. The molecule has 0 aromatic heterocycles. The molecule has 0 saturated heterocycles. The van der Waals surface area contributed by atoms with Crippen LogP contribution in [0.25, 0.3) is 5.57 Å².